The molecule has 0 bridgehead atoms. The van der Waals surface area contributed by atoms with Crippen molar-refractivity contribution >= 4 is 31.6 Å². The average molecular weight is 333 g/mol. The van der Waals surface area contributed by atoms with Crippen LogP contribution in [0.15, 0.2) is 40.2 Å². The van der Waals surface area contributed by atoms with E-state index in [-0.39, 0.29) is 17.5 Å². The molecule has 0 unspecified atom stereocenters. The molecule has 0 aromatic heterocycles. The Balaban J connectivity index is 3.26. The Morgan fingerprint density at radius 2 is 2.11 bits per heavy atom. The van der Waals surface area contributed by atoms with Crippen LogP contribution in [0.1, 0.15) is 13.8 Å². The van der Waals surface area contributed by atoms with E-state index in [1.54, 1.807) is 12.1 Å². The summed E-state index contributed by atoms with van der Waals surface area (Å²) >= 11 is 3.24. The third-order valence-electron chi connectivity index (χ3n) is 2.46. The maximum absolute atomic E-state index is 12.4. The molecule has 6 heteroatoms. The Morgan fingerprint density at radius 3 is 2.56 bits per heavy atom. The molecule has 0 aliphatic rings. The highest BCUT2D eigenvalue weighted by Gasteiger charge is 2.26. The van der Waals surface area contributed by atoms with Gasteiger partial charge in [0.1, 0.15) is 0 Å². The van der Waals surface area contributed by atoms with Crippen molar-refractivity contribution in [2.24, 2.45) is 0 Å². The minimum atomic E-state index is -3.54. The molecule has 0 fully saturated rings. The largest absolute Gasteiger partial charge is 0.398 e. The van der Waals surface area contributed by atoms with Gasteiger partial charge in [-0.05, 0) is 48.0 Å². The number of nitrogens with zero attached hydrogens (tertiary/aromatic N) is 1. The van der Waals surface area contributed by atoms with E-state index in [1.165, 1.54) is 16.4 Å². The number of rotatable bonds is 5. The van der Waals surface area contributed by atoms with Crippen molar-refractivity contribution in [3.05, 3.63) is 35.3 Å². The fourth-order valence-corrected chi connectivity index (χ4v) is 3.42. The normalized spacial score (nSPS) is 12.1. The van der Waals surface area contributed by atoms with E-state index < -0.39 is 10.0 Å². The fraction of sp³-hybridized carbons (Fsp3) is 0.333. The van der Waals surface area contributed by atoms with Gasteiger partial charge in [-0.2, -0.15) is 4.31 Å². The predicted octanol–water partition coefficient (Wildman–Crippen LogP) is 2.62. The first-order valence-corrected chi connectivity index (χ1v) is 7.71. The lowest BCUT2D eigenvalue weighted by atomic mass is 10.3. The van der Waals surface area contributed by atoms with Crippen LogP contribution in [-0.4, -0.2) is 25.3 Å². The molecule has 1 aromatic rings. The van der Waals surface area contributed by atoms with Crippen molar-refractivity contribution in [2.45, 2.75) is 24.8 Å². The van der Waals surface area contributed by atoms with Crippen molar-refractivity contribution in [2.75, 3.05) is 12.3 Å². The van der Waals surface area contributed by atoms with E-state index in [0.717, 1.165) is 0 Å². The van der Waals surface area contributed by atoms with E-state index in [2.05, 4.69) is 22.5 Å². The third-order valence-corrected chi connectivity index (χ3v) is 5.22. The van der Waals surface area contributed by atoms with Gasteiger partial charge in [0.25, 0.3) is 0 Å². The molecule has 0 saturated heterocycles. The van der Waals surface area contributed by atoms with Crippen molar-refractivity contribution in [1.82, 2.24) is 4.31 Å². The molecule has 0 atom stereocenters. The van der Waals surface area contributed by atoms with Crippen LogP contribution in [0.4, 0.5) is 5.69 Å². The number of nitrogen functional groups attached to an aromatic ring is 1. The first-order chi connectivity index (χ1) is 8.30. The quantitative estimate of drug-likeness (QED) is 0.665. The summed E-state index contributed by atoms with van der Waals surface area (Å²) in [5.41, 5.74) is 6.12. The van der Waals surface area contributed by atoms with Gasteiger partial charge < -0.3 is 5.73 Å². The highest BCUT2D eigenvalue weighted by Crippen LogP contribution is 2.25. The molecular weight excluding hydrogens is 316 g/mol. The lowest BCUT2D eigenvalue weighted by Gasteiger charge is -2.24. The van der Waals surface area contributed by atoms with Crippen molar-refractivity contribution in [3.8, 4) is 0 Å². The molecule has 0 amide bonds. The first-order valence-electron chi connectivity index (χ1n) is 5.48. The molecule has 1 rings (SSSR count). The van der Waals surface area contributed by atoms with Crippen LogP contribution in [-0.2, 0) is 10.0 Å². The Kier molecular flexibility index (Phi) is 4.95. The SMILES string of the molecule is C=CCN(C(C)C)S(=O)(=O)c1ccc(Br)c(N)c1. The number of hydrogen-bond donors (Lipinski definition) is 1. The molecule has 0 saturated carbocycles. The molecule has 100 valence electrons. The zero-order valence-electron chi connectivity index (χ0n) is 10.4. The van der Waals surface area contributed by atoms with Gasteiger partial charge in [-0.25, -0.2) is 8.42 Å². The standard InChI is InChI=1S/C12H17BrN2O2S/c1-4-7-15(9(2)3)18(16,17)10-5-6-11(13)12(14)8-10/h4-6,8-9H,1,7,14H2,2-3H3. The monoisotopic (exact) mass is 332 g/mol. The van der Waals surface area contributed by atoms with Crippen molar-refractivity contribution in [1.29, 1.82) is 0 Å². The van der Waals surface area contributed by atoms with Crippen LogP contribution in [0.25, 0.3) is 0 Å². The van der Waals surface area contributed by atoms with Crippen molar-refractivity contribution in [3.63, 3.8) is 0 Å². The third kappa shape index (κ3) is 3.13. The molecule has 2 N–H and O–H groups in total. The summed E-state index contributed by atoms with van der Waals surface area (Å²) in [6, 6.07) is 4.48. The van der Waals surface area contributed by atoms with E-state index in [4.69, 9.17) is 5.73 Å². The summed E-state index contributed by atoms with van der Waals surface area (Å²) in [5, 5.41) is 0. The maximum Gasteiger partial charge on any atom is 0.243 e. The van der Waals surface area contributed by atoms with Crippen LogP contribution >= 0.6 is 15.9 Å². The number of nitrogens with two attached hydrogens (primary N) is 1. The van der Waals surface area contributed by atoms with Gasteiger partial charge >= 0.3 is 0 Å². The lowest BCUT2D eigenvalue weighted by molar-refractivity contribution is 0.383. The number of hydrogen-bond acceptors (Lipinski definition) is 3. The molecular formula is C12H17BrN2O2S. The summed E-state index contributed by atoms with van der Waals surface area (Å²) in [6.45, 7) is 7.50. The molecule has 0 spiro atoms. The summed E-state index contributed by atoms with van der Waals surface area (Å²) in [7, 11) is -3.54. The predicted molar refractivity (Wildman–Crippen MR) is 77.8 cm³/mol. The van der Waals surface area contributed by atoms with Gasteiger partial charge in [-0.15, -0.1) is 6.58 Å². The second kappa shape index (κ2) is 5.86. The highest BCUT2D eigenvalue weighted by atomic mass is 79.9. The number of halogens is 1. The summed E-state index contributed by atoms with van der Waals surface area (Å²) in [6.07, 6.45) is 1.57. The molecule has 1 aromatic carbocycles. The molecule has 0 aliphatic carbocycles. The minimum absolute atomic E-state index is 0.141. The smallest absolute Gasteiger partial charge is 0.243 e. The van der Waals surface area contributed by atoms with E-state index in [9.17, 15) is 8.42 Å². The molecule has 0 heterocycles. The second-order valence-corrected chi connectivity index (χ2v) is 6.89. The molecule has 4 nitrogen and oxygen atoms in total. The topological polar surface area (TPSA) is 63.4 Å². The summed E-state index contributed by atoms with van der Waals surface area (Å²) in [5.74, 6) is 0. The summed E-state index contributed by atoms with van der Waals surface area (Å²) < 4.78 is 26.9. The van der Waals surface area contributed by atoms with Crippen LogP contribution in [0.5, 0.6) is 0 Å². The van der Waals surface area contributed by atoms with E-state index >= 15 is 0 Å². The molecule has 18 heavy (non-hydrogen) atoms. The fourth-order valence-electron chi connectivity index (χ4n) is 1.53. The van der Waals surface area contributed by atoms with Crippen LogP contribution in [0.2, 0.25) is 0 Å². The van der Waals surface area contributed by atoms with Gasteiger partial charge in [0.2, 0.25) is 10.0 Å². The summed E-state index contributed by atoms with van der Waals surface area (Å²) in [4.78, 5) is 0.193. The Hall–Kier alpha value is -0.850. The Morgan fingerprint density at radius 1 is 1.50 bits per heavy atom. The van der Waals surface area contributed by atoms with Crippen molar-refractivity contribution < 1.29 is 8.42 Å². The first kappa shape index (κ1) is 15.2. The Labute approximate surface area is 117 Å². The van der Waals surface area contributed by atoms with E-state index in [0.29, 0.717) is 10.2 Å². The minimum Gasteiger partial charge on any atom is -0.398 e. The average Bonchev–Trinajstić information content (AvgIpc) is 2.28. The zero-order valence-corrected chi connectivity index (χ0v) is 12.8. The second-order valence-electron chi connectivity index (χ2n) is 4.14. The maximum atomic E-state index is 12.4. The highest BCUT2D eigenvalue weighted by molar-refractivity contribution is 9.10. The zero-order chi connectivity index (χ0) is 13.9. The van der Waals surface area contributed by atoms with Gasteiger partial charge in [-0.3, -0.25) is 0 Å². The lowest BCUT2D eigenvalue weighted by Crippen LogP contribution is -2.37. The van der Waals surface area contributed by atoms with Crippen LogP contribution in [0.3, 0.4) is 0 Å². The van der Waals surface area contributed by atoms with Gasteiger partial charge in [0, 0.05) is 22.7 Å². The van der Waals surface area contributed by atoms with E-state index in [1.807, 2.05) is 13.8 Å². The number of benzene rings is 1. The van der Waals surface area contributed by atoms with Gasteiger partial charge in [-0.1, -0.05) is 6.08 Å². The molecule has 0 radical (unpaired) electrons. The Bertz CT molecular complexity index is 541. The van der Waals surface area contributed by atoms with Crippen LogP contribution < -0.4 is 5.73 Å². The van der Waals surface area contributed by atoms with Gasteiger partial charge in [0.05, 0.1) is 4.90 Å². The van der Waals surface area contributed by atoms with Gasteiger partial charge in [0.15, 0.2) is 0 Å². The number of anilines is 1. The van der Waals surface area contributed by atoms with Crippen LogP contribution in [0, 0.1) is 0 Å². The number of sulfonamides is 1. The molecule has 0 aliphatic heterocycles.